The molecule has 0 saturated carbocycles. The number of furan rings is 2. The Balaban J connectivity index is 1.07. The van der Waals surface area contributed by atoms with Crippen LogP contribution in [0, 0.1) is 0 Å². The Morgan fingerprint density at radius 3 is 1.48 bits per heavy atom. The highest BCUT2D eigenvalue weighted by Gasteiger charge is 2.21. The first-order chi connectivity index (χ1) is 28.8. The molecule has 0 aliphatic heterocycles. The normalized spacial score (nSPS) is 12.1. The van der Waals surface area contributed by atoms with Gasteiger partial charge in [-0.1, -0.05) is 121 Å². The van der Waals surface area contributed by atoms with E-state index < -0.39 is 0 Å². The molecule has 0 aliphatic carbocycles. The van der Waals surface area contributed by atoms with Crippen LogP contribution in [0.4, 0.5) is 0 Å². The molecule has 9 aromatic carbocycles. The van der Waals surface area contributed by atoms with Gasteiger partial charge in [-0.25, -0.2) is 0 Å². The summed E-state index contributed by atoms with van der Waals surface area (Å²) in [4.78, 5) is 0. The third-order valence-electron chi connectivity index (χ3n) is 12.1. The lowest BCUT2D eigenvalue weighted by atomic mass is 9.98. The van der Waals surface area contributed by atoms with Crippen LogP contribution in [0.3, 0.4) is 0 Å². The van der Waals surface area contributed by atoms with Crippen LogP contribution in [0.2, 0.25) is 0 Å². The molecule has 4 nitrogen and oxygen atoms in total. The summed E-state index contributed by atoms with van der Waals surface area (Å²) in [6, 6.07) is 69.6. The first kappa shape index (κ1) is 31.4. The molecule has 0 fully saturated rings. The molecule has 0 amide bonds. The molecule has 13 rings (SSSR count). The van der Waals surface area contributed by atoms with E-state index in [4.69, 9.17) is 8.83 Å². The largest absolute Gasteiger partial charge is 0.455 e. The average Bonchev–Trinajstić information content (AvgIpc) is 4.04. The molecule has 4 heteroatoms. The summed E-state index contributed by atoms with van der Waals surface area (Å²) in [5.74, 6) is 0. The van der Waals surface area contributed by atoms with Gasteiger partial charge in [-0.05, 0) is 89.5 Å². The Morgan fingerprint density at radius 2 is 0.776 bits per heavy atom. The molecule has 0 unspecified atom stereocenters. The third-order valence-corrected chi connectivity index (χ3v) is 12.1. The zero-order valence-corrected chi connectivity index (χ0v) is 31.2. The summed E-state index contributed by atoms with van der Waals surface area (Å²) in [6.45, 7) is 0. The molecule has 13 aromatic rings. The summed E-state index contributed by atoms with van der Waals surface area (Å²) >= 11 is 0. The van der Waals surface area contributed by atoms with Crippen molar-refractivity contribution in [2.75, 3.05) is 0 Å². The zero-order valence-electron chi connectivity index (χ0n) is 31.2. The fraction of sp³-hybridized carbons (Fsp3) is 0. The van der Waals surface area contributed by atoms with Crippen molar-refractivity contribution in [1.29, 1.82) is 0 Å². The van der Waals surface area contributed by atoms with Gasteiger partial charge in [0.15, 0.2) is 5.58 Å². The molecule has 4 heterocycles. The zero-order chi connectivity index (χ0) is 37.9. The second kappa shape index (κ2) is 11.8. The van der Waals surface area contributed by atoms with Crippen molar-refractivity contribution in [3.8, 4) is 33.6 Å². The van der Waals surface area contributed by atoms with Crippen LogP contribution in [-0.4, -0.2) is 9.13 Å². The Hall–Kier alpha value is -7.82. The standard InChI is InChI=1S/C54H32N2O2/c1-2-12-36(13-3-1)55-46-20-7-4-14-38(46)43-30-33(24-27-47(43)55)34-25-28-48-44(31-34)45-32-35(37-17-10-18-41-39-15-5-8-22-51(39)57-53(37)41)26-29-49(45)56(48)50-21-11-19-42-40-16-6-9-23-52(40)58-54(42)50/h1-32H. The van der Waals surface area contributed by atoms with Gasteiger partial charge in [0.2, 0.25) is 0 Å². The van der Waals surface area contributed by atoms with Crippen molar-refractivity contribution >= 4 is 87.5 Å². The predicted molar refractivity (Wildman–Crippen MR) is 241 cm³/mol. The molecule has 0 atom stereocenters. The fourth-order valence-corrected chi connectivity index (χ4v) is 9.52. The Morgan fingerprint density at radius 1 is 0.293 bits per heavy atom. The quantitative estimate of drug-likeness (QED) is 0.180. The van der Waals surface area contributed by atoms with Crippen LogP contribution in [-0.2, 0) is 0 Å². The first-order valence-electron chi connectivity index (χ1n) is 19.8. The van der Waals surface area contributed by atoms with E-state index in [0.29, 0.717) is 0 Å². The van der Waals surface area contributed by atoms with Crippen LogP contribution in [0.1, 0.15) is 0 Å². The van der Waals surface area contributed by atoms with E-state index in [0.717, 1.165) is 88.4 Å². The number of benzene rings is 9. The molecule has 0 aliphatic rings. The molecule has 0 saturated heterocycles. The van der Waals surface area contributed by atoms with Gasteiger partial charge in [0, 0.05) is 54.3 Å². The second-order valence-electron chi connectivity index (χ2n) is 15.3. The first-order valence-corrected chi connectivity index (χ1v) is 19.8. The van der Waals surface area contributed by atoms with Crippen molar-refractivity contribution in [2.45, 2.75) is 0 Å². The number of nitrogens with zero attached hydrogens (tertiary/aromatic N) is 2. The van der Waals surface area contributed by atoms with Crippen molar-refractivity contribution in [1.82, 2.24) is 9.13 Å². The number of aromatic nitrogens is 2. The van der Waals surface area contributed by atoms with Crippen molar-refractivity contribution in [3.05, 3.63) is 194 Å². The third kappa shape index (κ3) is 4.40. The predicted octanol–water partition coefficient (Wildman–Crippen LogP) is 15.0. The van der Waals surface area contributed by atoms with Crippen LogP contribution in [0.15, 0.2) is 203 Å². The molecule has 270 valence electrons. The molecule has 0 spiro atoms. The smallest absolute Gasteiger partial charge is 0.159 e. The van der Waals surface area contributed by atoms with Crippen LogP contribution >= 0.6 is 0 Å². The molecule has 0 N–H and O–H groups in total. The molecule has 4 aromatic heterocycles. The minimum absolute atomic E-state index is 0.878. The van der Waals surface area contributed by atoms with Crippen LogP contribution in [0.5, 0.6) is 0 Å². The number of hydrogen-bond acceptors (Lipinski definition) is 2. The summed E-state index contributed by atoms with van der Waals surface area (Å²) in [7, 11) is 0. The lowest BCUT2D eigenvalue weighted by Crippen LogP contribution is -1.94. The van der Waals surface area contributed by atoms with Gasteiger partial charge in [-0.15, -0.1) is 0 Å². The lowest BCUT2D eigenvalue weighted by molar-refractivity contribution is 0.666. The molecule has 0 bridgehead atoms. The lowest BCUT2D eigenvalue weighted by Gasteiger charge is -2.10. The maximum absolute atomic E-state index is 6.64. The van der Waals surface area contributed by atoms with Crippen LogP contribution in [0.25, 0.3) is 121 Å². The second-order valence-corrected chi connectivity index (χ2v) is 15.3. The fourth-order valence-electron chi connectivity index (χ4n) is 9.52. The summed E-state index contributed by atoms with van der Waals surface area (Å²) in [6.07, 6.45) is 0. The summed E-state index contributed by atoms with van der Waals surface area (Å²) in [5.41, 5.74) is 14.9. The van der Waals surface area contributed by atoms with E-state index in [2.05, 4.69) is 185 Å². The summed E-state index contributed by atoms with van der Waals surface area (Å²) in [5, 5.41) is 9.29. The Kier molecular flexibility index (Phi) is 6.41. The van der Waals surface area contributed by atoms with Gasteiger partial charge in [-0.2, -0.15) is 0 Å². The van der Waals surface area contributed by atoms with E-state index in [1.165, 1.54) is 32.8 Å². The van der Waals surface area contributed by atoms with Crippen molar-refractivity contribution in [2.24, 2.45) is 0 Å². The molecular formula is C54H32N2O2. The maximum Gasteiger partial charge on any atom is 0.159 e. The van der Waals surface area contributed by atoms with Gasteiger partial charge in [0.1, 0.15) is 16.7 Å². The maximum atomic E-state index is 6.64. The number of fused-ring (bicyclic) bond motifs is 12. The highest BCUT2D eigenvalue weighted by atomic mass is 16.3. The van der Waals surface area contributed by atoms with Crippen molar-refractivity contribution in [3.63, 3.8) is 0 Å². The minimum atomic E-state index is 0.878. The molecular weight excluding hydrogens is 709 g/mol. The van der Waals surface area contributed by atoms with Crippen LogP contribution < -0.4 is 0 Å². The van der Waals surface area contributed by atoms with Gasteiger partial charge in [0.05, 0.1) is 27.8 Å². The van der Waals surface area contributed by atoms with Gasteiger partial charge >= 0.3 is 0 Å². The molecule has 58 heavy (non-hydrogen) atoms. The SMILES string of the molecule is c1ccc(-n2c3ccccc3c3cc(-c4ccc5c(c4)c4cc(-c6cccc7c6oc6ccccc67)ccc4n5-c4cccc5c4oc4ccccc45)ccc32)cc1. The Labute approximate surface area is 332 Å². The van der Waals surface area contributed by atoms with E-state index >= 15 is 0 Å². The number of para-hydroxylation sites is 6. The van der Waals surface area contributed by atoms with Crippen molar-refractivity contribution < 1.29 is 8.83 Å². The van der Waals surface area contributed by atoms with E-state index in [-0.39, 0.29) is 0 Å². The number of hydrogen-bond donors (Lipinski definition) is 0. The summed E-state index contributed by atoms with van der Waals surface area (Å²) < 4.78 is 17.9. The highest BCUT2D eigenvalue weighted by Crippen LogP contribution is 2.43. The van der Waals surface area contributed by atoms with Gasteiger partial charge in [0.25, 0.3) is 0 Å². The number of rotatable bonds is 4. The monoisotopic (exact) mass is 740 g/mol. The van der Waals surface area contributed by atoms with Gasteiger partial charge in [-0.3, -0.25) is 0 Å². The van der Waals surface area contributed by atoms with E-state index in [9.17, 15) is 0 Å². The minimum Gasteiger partial charge on any atom is -0.455 e. The van der Waals surface area contributed by atoms with E-state index in [1.54, 1.807) is 0 Å². The average molecular weight is 741 g/mol. The highest BCUT2D eigenvalue weighted by molar-refractivity contribution is 6.16. The topological polar surface area (TPSA) is 36.1 Å². The van der Waals surface area contributed by atoms with Gasteiger partial charge < -0.3 is 18.0 Å². The molecule has 0 radical (unpaired) electrons. The van der Waals surface area contributed by atoms with E-state index in [1.807, 2.05) is 18.2 Å². The Bertz CT molecular complexity index is 3800.